The summed E-state index contributed by atoms with van der Waals surface area (Å²) in [5, 5.41) is 3.48. The van der Waals surface area contributed by atoms with Crippen LogP contribution in [0, 0.1) is 6.92 Å². The van der Waals surface area contributed by atoms with E-state index < -0.39 is 0 Å². The first-order valence-corrected chi connectivity index (χ1v) is 7.90. The topological polar surface area (TPSA) is 21.3 Å². The normalized spacial score (nSPS) is 19.4. The molecular weight excluding hydrogens is 270 g/mol. The van der Waals surface area contributed by atoms with Crippen LogP contribution in [0.15, 0.2) is 48.5 Å². The zero-order valence-corrected chi connectivity index (χ0v) is 13.5. The molecule has 2 aromatic carbocycles. The van der Waals surface area contributed by atoms with Gasteiger partial charge in [0.2, 0.25) is 0 Å². The molecule has 0 fully saturated rings. The maximum atomic E-state index is 6.09. The van der Waals surface area contributed by atoms with Crippen LogP contribution >= 0.6 is 0 Å². The van der Waals surface area contributed by atoms with Crippen molar-refractivity contribution in [2.75, 3.05) is 5.32 Å². The smallest absolute Gasteiger partial charge is 0.127 e. The Labute approximate surface area is 132 Å². The van der Waals surface area contributed by atoms with Crippen LogP contribution in [0.5, 0.6) is 5.75 Å². The predicted octanol–water partition coefficient (Wildman–Crippen LogP) is 5.18. The van der Waals surface area contributed by atoms with Gasteiger partial charge in [-0.15, -0.1) is 0 Å². The molecule has 0 aromatic heterocycles. The van der Waals surface area contributed by atoms with Gasteiger partial charge in [-0.1, -0.05) is 42.8 Å². The zero-order chi connectivity index (χ0) is 15.6. The molecule has 22 heavy (non-hydrogen) atoms. The molecule has 0 spiro atoms. The molecule has 0 aliphatic carbocycles. The van der Waals surface area contributed by atoms with E-state index in [0.717, 1.165) is 30.0 Å². The van der Waals surface area contributed by atoms with Crippen LogP contribution in [0.2, 0.25) is 0 Å². The highest BCUT2D eigenvalue weighted by Crippen LogP contribution is 2.34. The molecule has 0 saturated heterocycles. The van der Waals surface area contributed by atoms with Crippen molar-refractivity contribution in [2.45, 2.75) is 39.3 Å². The van der Waals surface area contributed by atoms with Crippen LogP contribution in [-0.4, -0.2) is 5.60 Å². The van der Waals surface area contributed by atoms with Gasteiger partial charge in [0.15, 0.2) is 0 Å². The van der Waals surface area contributed by atoms with Gasteiger partial charge in [-0.2, -0.15) is 0 Å². The quantitative estimate of drug-likeness (QED) is 0.838. The van der Waals surface area contributed by atoms with Crippen molar-refractivity contribution in [2.24, 2.45) is 0 Å². The number of hydrogen-bond donors (Lipinski definition) is 1. The standard InChI is InChI=1S/C20H23NO/c1-4-20(3)11-10-17-13-18(8-9-19(17)22-20)21-14-16-7-5-6-15(2)12-16/h5-13,21H,4,14H2,1-3H3. The molecular formula is C20H23NO. The molecule has 2 aromatic rings. The van der Waals surface area contributed by atoms with Crippen molar-refractivity contribution >= 4 is 11.8 Å². The summed E-state index contributed by atoms with van der Waals surface area (Å²) >= 11 is 0. The van der Waals surface area contributed by atoms with Crippen molar-refractivity contribution in [3.8, 4) is 5.75 Å². The van der Waals surface area contributed by atoms with Gasteiger partial charge in [-0.25, -0.2) is 0 Å². The third-order valence-corrected chi connectivity index (χ3v) is 4.25. The van der Waals surface area contributed by atoms with E-state index in [1.807, 2.05) is 0 Å². The predicted molar refractivity (Wildman–Crippen MR) is 93.3 cm³/mol. The molecule has 2 nitrogen and oxygen atoms in total. The van der Waals surface area contributed by atoms with Crippen LogP contribution in [0.1, 0.15) is 37.0 Å². The van der Waals surface area contributed by atoms with E-state index in [4.69, 9.17) is 4.74 Å². The number of nitrogens with one attached hydrogen (secondary N) is 1. The Morgan fingerprint density at radius 3 is 2.77 bits per heavy atom. The first kappa shape index (κ1) is 14.7. The van der Waals surface area contributed by atoms with E-state index in [-0.39, 0.29) is 5.60 Å². The molecule has 2 heteroatoms. The van der Waals surface area contributed by atoms with E-state index in [9.17, 15) is 0 Å². The van der Waals surface area contributed by atoms with Crippen LogP contribution in [0.25, 0.3) is 6.08 Å². The van der Waals surface area contributed by atoms with Crippen LogP contribution < -0.4 is 10.1 Å². The number of aryl methyl sites for hydroxylation is 1. The van der Waals surface area contributed by atoms with Gasteiger partial charge in [-0.05, 0) is 50.1 Å². The molecule has 1 aliphatic heterocycles. The lowest BCUT2D eigenvalue weighted by atomic mass is 9.97. The van der Waals surface area contributed by atoms with E-state index >= 15 is 0 Å². The average Bonchev–Trinajstić information content (AvgIpc) is 2.53. The minimum Gasteiger partial charge on any atom is -0.483 e. The number of hydrogen-bond acceptors (Lipinski definition) is 2. The fraction of sp³-hybridized carbons (Fsp3) is 0.300. The fourth-order valence-corrected chi connectivity index (χ4v) is 2.65. The van der Waals surface area contributed by atoms with Crippen molar-refractivity contribution in [3.63, 3.8) is 0 Å². The molecule has 0 radical (unpaired) electrons. The molecule has 0 bridgehead atoms. The van der Waals surface area contributed by atoms with Gasteiger partial charge in [0.05, 0.1) is 0 Å². The van der Waals surface area contributed by atoms with Crippen molar-refractivity contribution < 1.29 is 4.74 Å². The summed E-state index contributed by atoms with van der Waals surface area (Å²) in [5.41, 5.74) is 4.67. The SMILES string of the molecule is CCC1(C)C=Cc2cc(NCc3cccc(C)c3)ccc2O1. The van der Waals surface area contributed by atoms with E-state index in [1.165, 1.54) is 11.1 Å². The number of anilines is 1. The third kappa shape index (κ3) is 3.16. The first-order valence-electron chi connectivity index (χ1n) is 7.90. The van der Waals surface area contributed by atoms with Crippen molar-refractivity contribution in [1.29, 1.82) is 0 Å². The minimum atomic E-state index is -0.177. The Balaban J connectivity index is 1.73. The minimum absolute atomic E-state index is 0.177. The average molecular weight is 293 g/mol. The number of ether oxygens (including phenoxy) is 1. The number of fused-ring (bicyclic) bond motifs is 1. The summed E-state index contributed by atoms with van der Waals surface area (Å²) in [6, 6.07) is 14.9. The Hall–Kier alpha value is -2.22. The zero-order valence-electron chi connectivity index (χ0n) is 13.5. The Morgan fingerprint density at radius 2 is 2.00 bits per heavy atom. The number of rotatable bonds is 4. The lowest BCUT2D eigenvalue weighted by Gasteiger charge is -2.30. The largest absolute Gasteiger partial charge is 0.483 e. The molecule has 1 heterocycles. The van der Waals surface area contributed by atoms with Crippen LogP contribution in [-0.2, 0) is 6.54 Å². The fourth-order valence-electron chi connectivity index (χ4n) is 2.65. The van der Waals surface area contributed by atoms with Crippen LogP contribution in [0.3, 0.4) is 0 Å². The van der Waals surface area contributed by atoms with Gasteiger partial charge >= 0.3 is 0 Å². The Kier molecular flexibility index (Phi) is 3.93. The lowest BCUT2D eigenvalue weighted by Crippen LogP contribution is -2.30. The molecule has 1 aliphatic rings. The maximum absolute atomic E-state index is 6.09. The summed E-state index contributed by atoms with van der Waals surface area (Å²) in [6.45, 7) is 7.22. The van der Waals surface area contributed by atoms with E-state index in [1.54, 1.807) is 0 Å². The van der Waals surface area contributed by atoms with Crippen molar-refractivity contribution in [3.05, 3.63) is 65.2 Å². The Bertz CT molecular complexity index is 705. The van der Waals surface area contributed by atoms with E-state index in [0.29, 0.717) is 0 Å². The molecule has 0 saturated carbocycles. The van der Waals surface area contributed by atoms with Gasteiger partial charge < -0.3 is 10.1 Å². The lowest BCUT2D eigenvalue weighted by molar-refractivity contribution is 0.133. The molecule has 1 unspecified atom stereocenters. The highest BCUT2D eigenvalue weighted by Gasteiger charge is 2.25. The van der Waals surface area contributed by atoms with Gasteiger partial charge in [0.25, 0.3) is 0 Å². The van der Waals surface area contributed by atoms with Crippen molar-refractivity contribution in [1.82, 2.24) is 0 Å². The summed E-state index contributed by atoms with van der Waals surface area (Å²) in [6.07, 6.45) is 5.29. The van der Waals surface area contributed by atoms with Gasteiger partial charge in [0.1, 0.15) is 11.4 Å². The molecule has 1 atom stereocenters. The summed E-state index contributed by atoms with van der Waals surface area (Å²) in [4.78, 5) is 0. The van der Waals surface area contributed by atoms with E-state index in [2.05, 4.69) is 80.7 Å². The second-order valence-corrected chi connectivity index (χ2v) is 6.20. The third-order valence-electron chi connectivity index (χ3n) is 4.25. The monoisotopic (exact) mass is 293 g/mol. The summed E-state index contributed by atoms with van der Waals surface area (Å²) in [5.74, 6) is 0.966. The maximum Gasteiger partial charge on any atom is 0.127 e. The highest BCUT2D eigenvalue weighted by atomic mass is 16.5. The summed E-state index contributed by atoms with van der Waals surface area (Å²) in [7, 11) is 0. The van der Waals surface area contributed by atoms with Gasteiger partial charge in [-0.3, -0.25) is 0 Å². The highest BCUT2D eigenvalue weighted by molar-refractivity contribution is 5.66. The molecule has 0 amide bonds. The van der Waals surface area contributed by atoms with Gasteiger partial charge in [0, 0.05) is 17.8 Å². The summed E-state index contributed by atoms with van der Waals surface area (Å²) < 4.78 is 6.09. The van der Waals surface area contributed by atoms with Crippen LogP contribution in [0.4, 0.5) is 5.69 Å². The second-order valence-electron chi connectivity index (χ2n) is 6.20. The second kappa shape index (κ2) is 5.88. The molecule has 3 rings (SSSR count). The number of benzene rings is 2. The first-order chi connectivity index (χ1) is 10.6. The Morgan fingerprint density at radius 1 is 1.14 bits per heavy atom. The molecule has 114 valence electrons. The molecule has 1 N–H and O–H groups in total.